The van der Waals surface area contributed by atoms with E-state index in [9.17, 15) is 19.7 Å². The molecule has 0 aromatic heterocycles. The van der Waals surface area contributed by atoms with Crippen LogP contribution in [-0.2, 0) is 4.79 Å². The first-order valence-corrected chi connectivity index (χ1v) is 8.54. The number of carbonyl (C=O) groups is 2. The fourth-order valence-electron chi connectivity index (χ4n) is 2.01. The molecule has 0 aliphatic heterocycles. The van der Waals surface area contributed by atoms with E-state index < -0.39 is 16.1 Å². The fourth-order valence-corrected chi connectivity index (χ4v) is 2.86. The Balaban J connectivity index is 1.95. The average molecular weight is 359 g/mol. The van der Waals surface area contributed by atoms with Crippen molar-refractivity contribution in [3.63, 3.8) is 0 Å². The van der Waals surface area contributed by atoms with Crippen LogP contribution in [0, 0.1) is 10.1 Å². The molecule has 25 heavy (non-hydrogen) atoms. The van der Waals surface area contributed by atoms with Crippen LogP contribution in [0.2, 0.25) is 0 Å². The molecule has 0 amide bonds. The number of ketones is 1. The van der Waals surface area contributed by atoms with E-state index in [1.54, 1.807) is 50.2 Å². The van der Waals surface area contributed by atoms with E-state index in [0.29, 0.717) is 17.7 Å². The summed E-state index contributed by atoms with van der Waals surface area (Å²) in [6, 6.07) is 12.4. The molecule has 0 N–H and O–H groups in total. The van der Waals surface area contributed by atoms with Crippen LogP contribution in [0.3, 0.4) is 0 Å². The third-order valence-electron chi connectivity index (χ3n) is 3.41. The number of esters is 1. The van der Waals surface area contributed by atoms with Crippen LogP contribution in [0.25, 0.3) is 0 Å². The van der Waals surface area contributed by atoms with Crippen molar-refractivity contribution in [2.24, 2.45) is 0 Å². The van der Waals surface area contributed by atoms with E-state index in [1.165, 1.54) is 23.9 Å². The number of rotatable bonds is 7. The van der Waals surface area contributed by atoms with Crippen molar-refractivity contribution < 1.29 is 19.2 Å². The van der Waals surface area contributed by atoms with Gasteiger partial charge in [-0.2, -0.15) is 0 Å². The second-order valence-electron chi connectivity index (χ2n) is 5.23. The van der Waals surface area contributed by atoms with E-state index in [-0.39, 0.29) is 11.5 Å². The molecule has 2 rings (SSSR count). The number of benzene rings is 2. The molecule has 130 valence electrons. The Kier molecular flexibility index (Phi) is 6.30. The van der Waals surface area contributed by atoms with Crippen molar-refractivity contribution in [2.45, 2.75) is 30.4 Å². The standard InChI is InChI=1S/C18H17NO5S/c1-3-17(20)13-4-8-15(9-5-13)24-18(21)12(2)25-16-10-6-14(7-11-16)19(22)23/h4-12H,3H2,1-2H3. The van der Waals surface area contributed by atoms with Crippen molar-refractivity contribution in [2.75, 3.05) is 0 Å². The summed E-state index contributed by atoms with van der Waals surface area (Å²) in [5.74, 6) is -0.0355. The van der Waals surface area contributed by atoms with Crippen molar-refractivity contribution in [1.29, 1.82) is 0 Å². The second-order valence-corrected chi connectivity index (χ2v) is 6.65. The Hall–Kier alpha value is -2.67. The van der Waals surface area contributed by atoms with Gasteiger partial charge in [-0.05, 0) is 43.3 Å². The smallest absolute Gasteiger partial charge is 0.324 e. The van der Waals surface area contributed by atoms with Gasteiger partial charge in [0.05, 0.1) is 4.92 Å². The van der Waals surface area contributed by atoms with Gasteiger partial charge in [0.1, 0.15) is 11.0 Å². The zero-order valence-corrected chi connectivity index (χ0v) is 14.6. The minimum atomic E-state index is -0.488. The number of non-ortho nitro benzene ring substituents is 1. The normalized spacial score (nSPS) is 11.6. The first-order valence-electron chi connectivity index (χ1n) is 7.66. The number of Topliss-reactive ketones (excluding diaryl/α,β-unsaturated/α-hetero) is 1. The van der Waals surface area contributed by atoms with E-state index in [1.807, 2.05) is 0 Å². The van der Waals surface area contributed by atoms with Crippen LogP contribution in [0.15, 0.2) is 53.4 Å². The highest BCUT2D eigenvalue weighted by atomic mass is 32.2. The number of hydrogen-bond acceptors (Lipinski definition) is 6. The maximum absolute atomic E-state index is 12.1. The summed E-state index contributed by atoms with van der Waals surface area (Å²) in [7, 11) is 0. The SMILES string of the molecule is CCC(=O)c1ccc(OC(=O)C(C)Sc2ccc([N+](=O)[O-])cc2)cc1. The van der Waals surface area contributed by atoms with Crippen LogP contribution < -0.4 is 4.74 Å². The Morgan fingerprint density at radius 1 is 1.12 bits per heavy atom. The summed E-state index contributed by atoms with van der Waals surface area (Å²) in [4.78, 5) is 34.6. The van der Waals surface area contributed by atoms with E-state index in [0.717, 1.165) is 4.90 Å². The van der Waals surface area contributed by atoms with Gasteiger partial charge in [-0.1, -0.05) is 6.92 Å². The van der Waals surface area contributed by atoms with Gasteiger partial charge in [-0.25, -0.2) is 0 Å². The van der Waals surface area contributed by atoms with Gasteiger partial charge in [0.25, 0.3) is 5.69 Å². The van der Waals surface area contributed by atoms with E-state index in [4.69, 9.17) is 4.74 Å². The lowest BCUT2D eigenvalue weighted by molar-refractivity contribution is -0.384. The molecule has 0 bridgehead atoms. The molecule has 1 atom stereocenters. The molecule has 0 saturated heterocycles. The number of carbonyl (C=O) groups excluding carboxylic acids is 2. The van der Waals surface area contributed by atoms with Crippen molar-refractivity contribution >= 4 is 29.2 Å². The molecule has 6 nitrogen and oxygen atoms in total. The molecule has 0 saturated carbocycles. The molecule has 1 unspecified atom stereocenters. The summed E-state index contributed by atoms with van der Waals surface area (Å²) in [6.45, 7) is 3.48. The highest BCUT2D eigenvalue weighted by molar-refractivity contribution is 8.00. The molecule has 0 aliphatic carbocycles. The second kappa shape index (κ2) is 8.43. The number of thioether (sulfide) groups is 1. The van der Waals surface area contributed by atoms with E-state index in [2.05, 4.69) is 0 Å². The predicted molar refractivity (Wildman–Crippen MR) is 95.1 cm³/mol. The molecule has 0 fully saturated rings. The van der Waals surface area contributed by atoms with Crippen LogP contribution in [0.4, 0.5) is 5.69 Å². The molecule has 7 heteroatoms. The van der Waals surface area contributed by atoms with Crippen LogP contribution >= 0.6 is 11.8 Å². The Morgan fingerprint density at radius 3 is 2.24 bits per heavy atom. The fraction of sp³-hybridized carbons (Fsp3) is 0.222. The zero-order valence-electron chi connectivity index (χ0n) is 13.8. The van der Waals surface area contributed by atoms with Crippen LogP contribution in [0.5, 0.6) is 5.75 Å². The lowest BCUT2D eigenvalue weighted by Crippen LogP contribution is -2.19. The summed E-state index contributed by atoms with van der Waals surface area (Å²) >= 11 is 1.25. The number of ether oxygens (including phenoxy) is 1. The summed E-state index contributed by atoms with van der Waals surface area (Å²) in [5.41, 5.74) is 0.580. The Morgan fingerprint density at radius 2 is 1.72 bits per heavy atom. The lowest BCUT2D eigenvalue weighted by Gasteiger charge is -2.11. The number of nitrogens with zero attached hydrogens (tertiary/aromatic N) is 1. The van der Waals surface area contributed by atoms with E-state index >= 15 is 0 Å². The van der Waals surface area contributed by atoms with Gasteiger partial charge in [0.15, 0.2) is 5.78 Å². The monoisotopic (exact) mass is 359 g/mol. The van der Waals surface area contributed by atoms with Gasteiger partial charge >= 0.3 is 5.97 Å². The lowest BCUT2D eigenvalue weighted by atomic mass is 10.1. The summed E-state index contributed by atoms with van der Waals surface area (Å²) in [6.07, 6.45) is 0.419. The average Bonchev–Trinajstić information content (AvgIpc) is 2.62. The molecule has 0 heterocycles. The summed E-state index contributed by atoms with van der Waals surface area (Å²) in [5, 5.41) is 10.1. The number of nitro groups is 1. The highest BCUT2D eigenvalue weighted by Crippen LogP contribution is 2.26. The molecule has 0 aliphatic rings. The van der Waals surface area contributed by atoms with Gasteiger partial charge in [0, 0.05) is 29.0 Å². The molecular weight excluding hydrogens is 342 g/mol. The quantitative estimate of drug-likeness (QED) is 0.183. The zero-order chi connectivity index (χ0) is 18.4. The Bertz CT molecular complexity index is 771. The number of hydrogen-bond donors (Lipinski definition) is 0. The molecular formula is C18H17NO5S. The predicted octanol–water partition coefficient (Wildman–Crippen LogP) is 4.27. The number of nitro benzene ring substituents is 1. The molecule has 2 aromatic carbocycles. The topological polar surface area (TPSA) is 86.5 Å². The third kappa shape index (κ3) is 5.15. The minimum absolute atomic E-state index is 0.00120. The van der Waals surface area contributed by atoms with Crippen molar-refractivity contribution in [3.05, 3.63) is 64.2 Å². The van der Waals surface area contributed by atoms with Gasteiger partial charge in [-0.15, -0.1) is 11.8 Å². The third-order valence-corrected chi connectivity index (χ3v) is 4.50. The van der Waals surface area contributed by atoms with Gasteiger partial charge in [0.2, 0.25) is 0 Å². The maximum Gasteiger partial charge on any atom is 0.324 e. The van der Waals surface area contributed by atoms with Crippen molar-refractivity contribution in [3.8, 4) is 5.75 Å². The van der Waals surface area contributed by atoms with Gasteiger partial charge < -0.3 is 4.74 Å². The Labute approximate surface area is 149 Å². The summed E-state index contributed by atoms with van der Waals surface area (Å²) < 4.78 is 5.30. The first kappa shape index (κ1) is 18.7. The first-order chi connectivity index (χ1) is 11.9. The largest absolute Gasteiger partial charge is 0.426 e. The van der Waals surface area contributed by atoms with Gasteiger partial charge in [-0.3, -0.25) is 19.7 Å². The maximum atomic E-state index is 12.1. The van der Waals surface area contributed by atoms with Crippen LogP contribution in [0.1, 0.15) is 30.6 Å². The molecule has 0 radical (unpaired) electrons. The van der Waals surface area contributed by atoms with Crippen molar-refractivity contribution in [1.82, 2.24) is 0 Å². The molecule has 0 spiro atoms. The molecule has 2 aromatic rings. The highest BCUT2D eigenvalue weighted by Gasteiger charge is 2.17. The van der Waals surface area contributed by atoms with Crippen LogP contribution in [-0.4, -0.2) is 21.9 Å². The minimum Gasteiger partial charge on any atom is -0.426 e.